The monoisotopic (exact) mass is 300 g/mol. The first-order valence-electron chi connectivity index (χ1n) is 6.84. The lowest BCUT2D eigenvalue weighted by atomic mass is 9.85. The molecule has 1 fully saturated rings. The van der Waals surface area contributed by atoms with Gasteiger partial charge in [0.2, 0.25) is 10.0 Å². The molecule has 6 nitrogen and oxygen atoms in total. The van der Waals surface area contributed by atoms with Crippen LogP contribution in [0.4, 0.5) is 0 Å². The van der Waals surface area contributed by atoms with Crippen LogP contribution in [-0.4, -0.2) is 25.5 Å². The van der Waals surface area contributed by atoms with Crippen LogP contribution in [0.1, 0.15) is 49.5 Å². The fraction of sp³-hybridized carbons (Fsp3) is 0.615. The average Bonchev–Trinajstić information content (AvgIpc) is 2.89. The molecule has 1 aromatic rings. The van der Waals surface area contributed by atoms with E-state index in [-0.39, 0.29) is 16.7 Å². The molecule has 20 heavy (non-hydrogen) atoms. The number of sulfonamides is 1. The maximum Gasteiger partial charge on any atom is 0.355 e. The SMILES string of the molecule is CCC1CCCCC1OC(=O)c1cc(S(N)(=O)=O)c[nH]1. The molecule has 0 saturated heterocycles. The Labute approximate surface area is 118 Å². The number of H-pyrrole nitrogens is 1. The number of carbonyl (C=O) groups excluding carboxylic acids is 1. The van der Waals surface area contributed by atoms with Gasteiger partial charge < -0.3 is 9.72 Å². The highest BCUT2D eigenvalue weighted by molar-refractivity contribution is 7.89. The van der Waals surface area contributed by atoms with E-state index in [1.807, 2.05) is 0 Å². The van der Waals surface area contributed by atoms with E-state index in [0.717, 1.165) is 25.7 Å². The second-order valence-electron chi connectivity index (χ2n) is 5.19. The first kappa shape index (κ1) is 15.1. The maximum absolute atomic E-state index is 12.0. The summed E-state index contributed by atoms with van der Waals surface area (Å²) in [5, 5.41) is 5.00. The first-order valence-corrected chi connectivity index (χ1v) is 8.38. The van der Waals surface area contributed by atoms with Crippen LogP contribution in [0.3, 0.4) is 0 Å². The Morgan fingerprint density at radius 3 is 2.75 bits per heavy atom. The summed E-state index contributed by atoms with van der Waals surface area (Å²) in [5.41, 5.74) is 0.120. The molecular formula is C13H20N2O4S. The zero-order valence-electron chi connectivity index (χ0n) is 11.5. The van der Waals surface area contributed by atoms with Gasteiger partial charge in [0.15, 0.2) is 0 Å². The van der Waals surface area contributed by atoms with Crippen molar-refractivity contribution in [2.24, 2.45) is 11.1 Å². The number of esters is 1. The summed E-state index contributed by atoms with van der Waals surface area (Å²) in [6.45, 7) is 2.09. The van der Waals surface area contributed by atoms with Gasteiger partial charge in [0.05, 0.1) is 0 Å². The van der Waals surface area contributed by atoms with Gasteiger partial charge in [-0.25, -0.2) is 18.4 Å². The van der Waals surface area contributed by atoms with Crippen LogP contribution in [0.2, 0.25) is 0 Å². The molecule has 1 heterocycles. The minimum atomic E-state index is -3.80. The van der Waals surface area contributed by atoms with E-state index in [0.29, 0.717) is 5.92 Å². The van der Waals surface area contributed by atoms with Crippen LogP contribution in [-0.2, 0) is 14.8 Å². The number of ether oxygens (including phenoxy) is 1. The number of nitrogens with one attached hydrogen (secondary N) is 1. The Kier molecular flexibility index (Phi) is 4.49. The van der Waals surface area contributed by atoms with Crippen molar-refractivity contribution in [3.63, 3.8) is 0 Å². The molecule has 1 aliphatic rings. The maximum atomic E-state index is 12.0. The highest BCUT2D eigenvalue weighted by Gasteiger charge is 2.28. The minimum absolute atomic E-state index is 0.0810. The summed E-state index contributed by atoms with van der Waals surface area (Å²) >= 11 is 0. The Hall–Kier alpha value is -1.34. The third kappa shape index (κ3) is 3.40. The number of hydrogen-bond acceptors (Lipinski definition) is 4. The molecule has 3 N–H and O–H groups in total. The van der Waals surface area contributed by atoms with Gasteiger partial charge >= 0.3 is 5.97 Å². The van der Waals surface area contributed by atoms with Gasteiger partial charge in [-0.2, -0.15) is 0 Å². The number of aromatic nitrogens is 1. The molecule has 2 atom stereocenters. The van der Waals surface area contributed by atoms with Gasteiger partial charge in [0.1, 0.15) is 16.7 Å². The number of aromatic amines is 1. The molecule has 0 aromatic carbocycles. The zero-order chi connectivity index (χ0) is 14.8. The van der Waals surface area contributed by atoms with Gasteiger partial charge in [-0.15, -0.1) is 0 Å². The highest BCUT2D eigenvalue weighted by Crippen LogP contribution is 2.29. The molecule has 0 spiro atoms. The molecular weight excluding hydrogens is 280 g/mol. The molecule has 112 valence electrons. The van der Waals surface area contributed by atoms with E-state index in [4.69, 9.17) is 9.88 Å². The minimum Gasteiger partial charge on any atom is -0.457 e. The van der Waals surface area contributed by atoms with E-state index in [1.165, 1.54) is 18.7 Å². The van der Waals surface area contributed by atoms with Gasteiger partial charge in [-0.1, -0.05) is 13.3 Å². The molecule has 2 unspecified atom stereocenters. The lowest BCUT2D eigenvalue weighted by Gasteiger charge is -2.30. The van der Waals surface area contributed by atoms with Crippen LogP contribution in [0, 0.1) is 5.92 Å². The largest absolute Gasteiger partial charge is 0.457 e. The number of rotatable bonds is 4. The van der Waals surface area contributed by atoms with E-state index in [1.54, 1.807) is 0 Å². The van der Waals surface area contributed by atoms with Gasteiger partial charge in [0.25, 0.3) is 0 Å². The van der Waals surface area contributed by atoms with Crippen molar-refractivity contribution in [3.05, 3.63) is 18.0 Å². The molecule has 1 aliphatic carbocycles. The lowest BCUT2D eigenvalue weighted by molar-refractivity contribution is 0.000177. The first-order chi connectivity index (χ1) is 9.41. The average molecular weight is 300 g/mol. The van der Waals surface area contributed by atoms with E-state index in [2.05, 4.69) is 11.9 Å². The fourth-order valence-corrected chi connectivity index (χ4v) is 3.16. The lowest BCUT2D eigenvalue weighted by Crippen LogP contribution is -2.29. The predicted octanol–water partition coefficient (Wildman–Crippen LogP) is 1.79. The van der Waals surface area contributed by atoms with Crippen molar-refractivity contribution in [2.75, 3.05) is 0 Å². The van der Waals surface area contributed by atoms with Crippen LogP contribution >= 0.6 is 0 Å². The summed E-state index contributed by atoms with van der Waals surface area (Å²) < 4.78 is 27.8. The molecule has 2 rings (SSSR count). The van der Waals surface area contributed by atoms with Gasteiger partial charge in [-0.05, 0) is 37.7 Å². The second kappa shape index (κ2) is 5.97. The Balaban J connectivity index is 2.06. The van der Waals surface area contributed by atoms with Crippen LogP contribution in [0.15, 0.2) is 17.2 Å². The highest BCUT2D eigenvalue weighted by atomic mass is 32.2. The quantitative estimate of drug-likeness (QED) is 0.827. The molecule has 1 saturated carbocycles. The van der Waals surface area contributed by atoms with E-state index < -0.39 is 16.0 Å². The van der Waals surface area contributed by atoms with Gasteiger partial charge in [0, 0.05) is 6.20 Å². The van der Waals surface area contributed by atoms with Crippen molar-refractivity contribution in [1.82, 2.24) is 4.98 Å². The summed E-state index contributed by atoms with van der Waals surface area (Å²) in [4.78, 5) is 14.5. The van der Waals surface area contributed by atoms with E-state index >= 15 is 0 Å². The fourth-order valence-electron chi connectivity index (χ4n) is 2.65. The molecule has 1 aromatic heterocycles. The second-order valence-corrected chi connectivity index (χ2v) is 6.75. The molecule has 0 radical (unpaired) electrons. The van der Waals surface area contributed by atoms with E-state index in [9.17, 15) is 13.2 Å². The van der Waals surface area contributed by atoms with Gasteiger partial charge in [-0.3, -0.25) is 0 Å². The molecule has 0 amide bonds. The van der Waals surface area contributed by atoms with Crippen molar-refractivity contribution in [2.45, 2.75) is 50.0 Å². The topological polar surface area (TPSA) is 102 Å². The Bertz CT molecular complexity index is 579. The Morgan fingerprint density at radius 2 is 2.15 bits per heavy atom. The molecule has 0 aliphatic heterocycles. The van der Waals surface area contributed by atoms with Crippen molar-refractivity contribution in [3.8, 4) is 0 Å². The van der Waals surface area contributed by atoms with Crippen LogP contribution < -0.4 is 5.14 Å². The number of nitrogens with two attached hydrogens (primary N) is 1. The normalized spacial score (nSPS) is 23.5. The Morgan fingerprint density at radius 1 is 1.45 bits per heavy atom. The van der Waals surface area contributed by atoms with Crippen molar-refractivity contribution >= 4 is 16.0 Å². The summed E-state index contributed by atoms with van der Waals surface area (Å²) in [5.74, 6) is -0.134. The van der Waals surface area contributed by atoms with Crippen LogP contribution in [0.25, 0.3) is 0 Å². The van der Waals surface area contributed by atoms with Crippen LogP contribution in [0.5, 0.6) is 0 Å². The van der Waals surface area contributed by atoms with Crippen molar-refractivity contribution in [1.29, 1.82) is 0 Å². The van der Waals surface area contributed by atoms with Crippen molar-refractivity contribution < 1.29 is 17.9 Å². The number of carbonyl (C=O) groups is 1. The zero-order valence-corrected chi connectivity index (χ0v) is 12.3. The standard InChI is InChI=1S/C13H20N2O4S/c1-2-9-5-3-4-6-12(9)19-13(16)11-7-10(8-15-11)20(14,17)18/h7-9,12,15H,2-6H2,1H3,(H2,14,17,18). The summed E-state index contributed by atoms with van der Waals surface area (Å²) in [7, 11) is -3.80. The third-order valence-corrected chi connectivity index (χ3v) is 4.72. The predicted molar refractivity (Wildman–Crippen MR) is 73.6 cm³/mol. The number of hydrogen-bond donors (Lipinski definition) is 2. The summed E-state index contributed by atoms with van der Waals surface area (Å²) in [6, 6.07) is 1.21. The summed E-state index contributed by atoms with van der Waals surface area (Å²) in [6.07, 6.45) is 6.26. The number of primary sulfonamides is 1. The molecule has 0 bridgehead atoms. The smallest absolute Gasteiger partial charge is 0.355 e. The third-order valence-electron chi connectivity index (χ3n) is 3.83. The molecule has 7 heteroatoms.